The zero-order valence-corrected chi connectivity index (χ0v) is 11.9. The smallest absolute Gasteiger partial charge is 0.123 e. The van der Waals surface area contributed by atoms with Crippen molar-refractivity contribution in [2.75, 3.05) is 6.54 Å². The normalized spacial score (nSPS) is 26.7. The molecule has 3 N–H and O–H groups in total. The van der Waals surface area contributed by atoms with Crippen molar-refractivity contribution in [3.63, 3.8) is 0 Å². The number of halogens is 1. The van der Waals surface area contributed by atoms with E-state index in [-0.39, 0.29) is 11.9 Å². The van der Waals surface area contributed by atoms with Crippen LogP contribution in [-0.4, -0.2) is 12.6 Å². The van der Waals surface area contributed by atoms with Crippen LogP contribution in [0.25, 0.3) is 0 Å². The van der Waals surface area contributed by atoms with Crippen LogP contribution in [0.3, 0.4) is 0 Å². The molecule has 1 saturated heterocycles. The van der Waals surface area contributed by atoms with E-state index in [0.717, 1.165) is 18.4 Å². The Morgan fingerprint density at radius 3 is 2.76 bits per heavy atom. The van der Waals surface area contributed by atoms with Gasteiger partial charge in [0.1, 0.15) is 5.82 Å². The number of benzene rings is 2. The maximum atomic E-state index is 13.7. The highest BCUT2D eigenvalue weighted by Crippen LogP contribution is 2.45. The number of rotatable bonds is 1. The first-order chi connectivity index (χ1) is 10.3. The summed E-state index contributed by atoms with van der Waals surface area (Å²) in [4.78, 5) is 0. The third kappa shape index (κ3) is 2.08. The Kier molecular flexibility index (Phi) is 3.05. The third-order valence-electron chi connectivity index (χ3n) is 4.92. The molecular weight excluding hydrogens is 263 g/mol. The quantitative estimate of drug-likeness (QED) is 0.844. The summed E-state index contributed by atoms with van der Waals surface area (Å²) in [5.74, 6) is 0.231. The van der Waals surface area contributed by atoms with E-state index in [0.29, 0.717) is 18.5 Å². The first kappa shape index (κ1) is 13.0. The van der Waals surface area contributed by atoms with E-state index in [1.54, 1.807) is 12.1 Å². The predicted molar refractivity (Wildman–Crippen MR) is 81.7 cm³/mol. The van der Waals surface area contributed by atoms with Crippen LogP contribution in [0.4, 0.5) is 4.39 Å². The molecule has 1 aliphatic heterocycles. The van der Waals surface area contributed by atoms with Crippen LogP contribution in [-0.2, 0) is 6.42 Å². The molecule has 21 heavy (non-hydrogen) atoms. The van der Waals surface area contributed by atoms with E-state index in [1.807, 2.05) is 6.07 Å². The molecule has 1 fully saturated rings. The molecule has 0 saturated carbocycles. The van der Waals surface area contributed by atoms with Gasteiger partial charge in [-0.2, -0.15) is 0 Å². The van der Waals surface area contributed by atoms with Gasteiger partial charge >= 0.3 is 0 Å². The topological polar surface area (TPSA) is 38.0 Å². The third-order valence-corrected chi connectivity index (χ3v) is 4.92. The van der Waals surface area contributed by atoms with Gasteiger partial charge in [0.05, 0.1) is 0 Å². The summed E-state index contributed by atoms with van der Waals surface area (Å²) >= 11 is 0. The Bertz CT molecular complexity index is 683. The minimum absolute atomic E-state index is 0.156. The highest BCUT2D eigenvalue weighted by Gasteiger charge is 2.38. The molecule has 3 atom stereocenters. The molecule has 3 heteroatoms. The zero-order chi connectivity index (χ0) is 14.4. The van der Waals surface area contributed by atoms with Gasteiger partial charge in [-0.15, -0.1) is 0 Å². The Hall–Kier alpha value is -1.71. The van der Waals surface area contributed by atoms with E-state index in [4.69, 9.17) is 5.73 Å². The van der Waals surface area contributed by atoms with Gasteiger partial charge in [0.25, 0.3) is 0 Å². The molecule has 108 valence electrons. The average molecular weight is 282 g/mol. The average Bonchev–Trinajstić information content (AvgIpc) is 2.89. The maximum absolute atomic E-state index is 13.7. The lowest BCUT2D eigenvalue weighted by Gasteiger charge is -2.20. The van der Waals surface area contributed by atoms with Gasteiger partial charge in [-0.1, -0.05) is 30.3 Å². The van der Waals surface area contributed by atoms with Crippen molar-refractivity contribution < 1.29 is 4.39 Å². The fraction of sp³-hybridized carbons (Fsp3) is 0.333. The summed E-state index contributed by atoms with van der Waals surface area (Å²) in [6.07, 6.45) is 1.90. The summed E-state index contributed by atoms with van der Waals surface area (Å²) in [6, 6.07) is 14.3. The van der Waals surface area contributed by atoms with Crippen LogP contribution in [0.2, 0.25) is 0 Å². The van der Waals surface area contributed by atoms with Crippen molar-refractivity contribution in [3.05, 3.63) is 70.5 Å². The highest BCUT2D eigenvalue weighted by molar-refractivity contribution is 5.46. The lowest BCUT2D eigenvalue weighted by Crippen LogP contribution is -2.31. The molecular formula is C18H19FN2. The fourth-order valence-corrected chi connectivity index (χ4v) is 3.94. The number of nitrogens with one attached hydrogen (secondary N) is 1. The Balaban J connectivity index is 1.90. The Morgan fingerprint density at radius 1 is 1.10 bits per heavy atom. The zero-order valence-electron chi connectivity index (χ0n) is 11.9. The van der Waals surface area contributed by atoms with E-state index in [1.165, 1.54) is 16.7 Å². The van der Waals surface area contributed by atoms with Crippen LogP contribution in [0.15, 0.2) is 42.5 Å². The molecule has 1 heterocycles. The van der Waals surface area contributed by atoms with Gasteiger partial charge < -0.3 is 11.1 Å². The molecule has 2 aromatic carbocycles. The summed E-state index contributed by atoms with van der Waals surface area (Å²) in [6.45, 7) is 0.625. The van der Waals surface area contributed by atoms with Crippen LogP contribution in [0.1, 0.15) is 40.6 Å². The van der Waals surface area contributed by atoms with Crippen molar-refractivity contribution in [1.29, 1.82) is 0 Å². The molecule has 0 spiro atoms. The van der Waals surface area contributed by atoms with E-state index >= 15 is 0 Å². The molecule has 0 radical (unpaired) electrons. The van der Waals surface area contributed by atoms with Gasteiger partial charge in [0, 0.05) is 24.5 Å². The largest absolute Gasteiger partial charge is 0.329 e. The Labute approximate surface area is 124 Å². The minimum atomic E-state index is -0.156. The molecule has 4 rings (SSSR count). The summed E-state index contributed by atoms with van der Waals surface area (Å²) in [5, 5.41) is 3.62. The maximum Gasteiger partial charge on any atom is 0.123 e. The standard InChI is InChI=1S/C18H19FN2/c19-13-6-5-12-7-11-3-1-2-4-15(11)17-9-14(10-20)21-18(17)16(12)8-13/h1-6,8,14,17-18,21H,7,9-10,20H2/t14?,17-,18-/m1/s1. The van der Waals surface area contributed by atoms with Gasteiger partial charge in [-0.05, 0) is 47.2 Å². The van der Waals surface area contributed by atoms with Crippen molar-refractivity contribution in [2.24, 2.45) is 5.73 Å². The lowest BCUT2D eigenvalue weighted by atomic mass is 9.87. The number of hydrogen-bond donors (Lipinski definition) is 2. The van der Waals surface area contributed by atoms with Crippen molar-refractivity contribution in [1.82, 2.24) is 5.32 Å². The van der Waals surface area contributed by atoms with Crippen LogP contribution in [0, 0.1) is 5.82 Å². The molecule has 1 unspecified atom stereocenters. The molecule has 0 amide bonds. The summed E-state index contributed by atoms with van der Waals surface area (Å²) in [7, 11) is 0. The minimum Gasteiger partial charge on any atom is -0.329 e. The summed E-state index contributed by atoms with van der Waals surface area (Å²) < 4.78 is 13.7. The SMILES string of the molecule is NCC1C[C@@H]2c3ccccc3Cc3ccc(F)cc3[C@H]2N1. The molecule has 2 aliphatic rings. The van der Waals surface area contributed by atoms with Crippen LogP contribution < -0.4 is 11.1 Å². The van der Waals surface area contributed by atoms with Gasteiger partial charge in [0.2, 0.25) is 0 Å². The van der Waals surface area contributed by atoms with E-state index in [9.17, 15) is 4.39 Å². The lowest BCUT2D eigenvalue weighted by molar-refractivity contribution is 0.540. The van der Waals surface area contributed by atoms with E-state index in [2.05, 4.69) is 29.6 Å². The van der Waals surface area contributed by atoms with Gasteiger partial charge in [-0.25, -0.2) is 4.39 Å². The van der Waals surface area contributed by atoms with Crippen LogP contribution >= 0.6 is 0 Å². The number of hydrogen-bond acceptors (Lipinski definition) is 2. The monoisotopic (exact) mass is 282 g/mol. The van der Waals surface area contributed by atoms with Crippen LogP contribution in [0.5, 0.6) is 0 Å². The molecule has 2 aromatic rings. The molecule has 0 bridgehead atoms. The molecule has 2 nitrogen and oxygen atoms in total. The number of fused-ring (bicyclic) bond motifs is 5. The number of nitrogens with two attached hydrogens (primary N) is 1. The van der Waals surface area contributed by atoms with Crippen molar-refractivity contribution in [2.45, 2.75) is 30.8 Å². The van der Waals surface area contributed by atoms with E-state index < -0.39 is 0 Å². The fourth-order valence-electron chi connectivity index (χ4n) is 3.94. The Morgan fingerprint density at radius 2 is 1.90 bits per heavy atom. The van der Waals surface area contributed by atoms with Crippen molar-refractivity contribution >= 4 is 0 Å². The summed E-state index contributed by atoms with van der Waals surface area (Å²) in [5.41, 5.74) is 10.9. The van der Waals surface area contributed by atoms with Crippen molar-refractivity contribution in [3.8, 4) is 0 Å². The van der Waals surface area contributed by atoms with Gasteiger partial charge in [0.15, 0.2) is 0 Å². The first-order valence-corrected chi connectivity index (χ1v) is 7.58. The predicted octanol–water partition coefficient (Wildman–Crippen LogP) is 2.88. The van der Waals surface area contributed by atoms with Gasteiger partial charge in [-0.3, -0.25) is 0 Å². The molecule has 1 aliphatic carbocycles. The second-order valence-corrected chi connectivity index (χ2v) is 6.14. The second-order valence-electron chi connectivity index (χ2n) is 6.14. The highest BCUT2D eigenvalue weighted by atomic mass is 19.1. The second kappa shape index (κ2) is 4.93. The first-order valence-electron chi connectivity index (χ1n) is 7.58. The molecule has 0 aromatic heterocycles.